The van der Waals surface area contributed by atoms with Gasteiger partial charge < -0.3 is 14.4 Å². The van der Waals surface area contributed by atoms with Crippen LogP contribution in [0.3, 0.4) is 0 Å². The molecule has 2 aliphatic rings. The lowest BCUT2D eigenvalue weighted by Crippen LogP contribution is -2.54. The van der Waals surface area contributed by atoms with Gasteiger partial charge in [-0.15, -0.1) is 0 Å². The molecule has 1 N–H and O–H groups in total. The topological polar surface area (TPSA) is 67.4 Å². The summed E-state index contributed by atoms with van der Waals surface area (Å²) in [5.74, 6) is -0.408. The Morgan fingerprint density at radius 1 is 1.33 bits per heavy atom. The van der Waals surface area contributed by atoms with E-state index in [-0.39, 0.29) is 17.8 Å². The molecule has 1 unspecified atom stereocenters. The minimum atomic E-state index is -0.567. The summed E-state index contributed by atoms with van der Waals surface area (Å²) in [6.45, 7) is 7.05. The third-order valence-electron chi connectivity index (χ3n) is 5.90. The molecule has 0 radical (unpaired) electrons. The molecule has 160 valence electrons. The zero-order chi connectivity index (χ0) is 21.5. The summed E-state index contributed by atoms with van der Waals surface area (Å²) >= 11 is 0. The molecule has 1 fully saturated rings. The number of hydrogen-bond acceptors (Lipinski definition) is 4. The van der Waals surface area contributed by atoms with Crippen molar-refractivity contribution in [3.8, 4) is 0 Å². The van der Waals surface area contributed by atoms with Crippen LogP contribution in [-0.2, 0) is 9.47 Å². The van der Waals surface area contributed by atoms with E-state index >= 15 is 0 Å². The third kappa shape index (κ3) is 3.62. The molecule has 2 heterocycles. The molecular formula is C23H28FN3O3. The number of ether oxygens (including phenoxy) is 2. The number of carbonyl (C=O) groups excluding carboxylic acids is 1. The van der Waals surface area contributed by atoms with Gasteiger partial charge in [0.25, 0.3) is 0 Å². The number of carbonyl (C=O) groups is 1. The van der Waals surface area contributed by atoms with Gasteiger partial charge in [0.1, 0.15) is 11.4 Å². The van der Waals surface area contributed by atoms with E-state index < -0.39 is 11.0 Å². The van der Waals surface area contributed by atoms with Crippen molar-refractivity contribution in [3.05, 3.63) is 58.7 Å². The molecule has 0 spiro atoms. The van der Waals surface area contributed by atoms with Crippen LogP contribution in [0, 0.1) is 11.2 Å². The number of hydrogen-bond donors (Lipinski definition) is 1. The highest BCUT2D eigenvalue weighted by Crippen LogP contribution is 2.54. The van der Waals surface area contributed by atoms with Crippen LogP contribution in [0.25, 0.3) is 6.08 Å². The van der Waals surface area contributed by atoms with E-state index in [1.54, 1.807) is 12.0 Å². The maximum absolute atomic E-state index is 13.7. The Balaban J connectivity index is 1.80. The molecule has 1 aliphatic carbocycles. The van der Waals surface area contributed by atoms with Gasteiger partial charge in [0.05, 0.1) is 18.5 Å². The molecule has 0 saturated carbocycles. The van der Waals surface area contributed by atoms with E-state index in [0.717, 1.165) is 16.8 Å². The summed E-state index contributed by atoms with van der Waals surface area (Å²) in [7, 11) is 1.67. The lowest BCUT2D eigenvalue weighted by atomic mass is 9.60. The Morgan fingerprint density at radius 2 is 2.07 bits per heavy atom. The van der Waals surface area contributed by atoms with Gasteiger partial charge in [-0.3, -0.25) is 5.10 Å². The van der Waals surface area contributed by atoms with Crippen LogP contribution in [0.4, 0.5) is 9.18 Å². The zero-order valence-corrected chi connectivity index (χ0v) is 17.9. The first-order valence-electron chi connectivity index (χ1n) is 10.2. The van der Waals surface area contributed by atoms with Crippen LogP contribution >= 0.6 is 0 Å². The minimum Gasteiger partial charge on any atom is -0.444 e. The average molecular weight is 413 g/mol. The van der Waals surface area contributed by atoms with Crippen LogP contribution in [0.5, 0.6) is 0 Å². The fourth-order valence-electron chi connectivity index (χ4n) is 4.76. The fraction of sp³-hybridized carbons (Fsp3) is 0.478. The molecule has 6 nitrogen and oxygen atoms in total. The maximum Gasteiger partial charge on any atom is 0.410 e. The Kier molecular flexibility index (Phi) is 5.18. The van der Waals surface area contributed by atoms with Crippen molar-refractivity contribution in [1.82, 2.24) is 15.1 Å². The number of fused-ring (bicyclic) bond motifs is 2. The summed E-state index contributed by atoms with van der Waals surface area (Å²) in [6, 6.07) is 6.57. The Hall–Kier alpha value is -2.67. The Morgan fingerprint density at radius 3 is 2.73 bits per heavy atom. The first-order valence-corrected chi connectivity index (χ1v) is 10.2. The van der Waals surface area contributed by atoms with Crippen LogP contribution in [-0.4, -0.2) is 53.6 Å². The molecule has 1 saturated heterocycles. The van der Waals surface area contributed by atoms with Gasteiger partial charge in [-0.1, -0.05) is 17.7 Å². The molecule has 1 aromatic carbocycles. The number of nitrogens with zero attached hydrogens (tertiary/aromatic N) is 2. The standard InChI is InChI=1S/C23H28FN3O3/c1-22(2,3)30-21(28)27-10-9-16-11-19-18(12-25-26-19)20(23(16,13-27)14-29-4)15-5-7-17(24)8-6-15/h5-8,11-12,20H,9-10,13-14H2,1-4H3,(H,25,26)/t20?,23-/m0/s1. The number of nitrogens with one attached hydrogen (secondary N) is 1. The van der Waals surface area contributed by atoms with E-state index in [9.17, 15) is 9.18 Å². The number of rotatable bonds is 3. The number of likely N-dealkylation sites (tertiary alicyclic amines) is 1. The van der Waals surface area contributed by atoms with Crippen LogP contribution in [0.2, 0.25) is 0 Å². The first-order chi connectivity index (χ1) is 14.2. The molecule has 30 heavy (non-hydrogen) atoms. The van der Waals surface area contributed by atoms with Gasteiger partial charge in [-0.25, -0.2) is 9.18 Å². The maximum atomic E-state index is 13.7. The van der Waals surface area contributed by atoms with Crippen LogP contribution in [0.15, 0.2) is 36.0 Å². The van der Waals surface area contributed by atoms with Crippen molar-refractivity contribution in [3.63, 3.8) is 0 Å². The summed E-state index contributed by atoms with van der Waals surface area (Å²) in [5.41, 5.74) is 3.09. The van der Waals surface area contributed by atoms with Crippen molar-refractivity contribution < 1.29 is 18.7 Å². The minimum absolute atomic E-state index is 0.128. The fourth-order valence-corrected chi connectivity index (χ4v) is 4.76. The van der Waals surface area contributed by atoms with Crippen molar-refractivity contribution in [2.45, 2.75) is 38.7 Å². The smallest absolute Gasteiger partial charge is 0.410 e. The van der Waals surface area contributed by atoms with Gasteiger partial charge in [-0.05, 0) is 51.0 Å². The van der Waals surface area contributed by atoms with E-state index in [0.29, 0.717) is 26.1 Å². The van der Waals surface area contributed by atoms with Gasteiger partial charge in [0, 0.05) is 37.1 Å². The van der Waals surface area contributed by atoms with Gasteiger partial charge in [0.15, 0.2) is 0 Å². The predicted molar refractivity (Wildman–Crippen MR) is 112 cm³/mol. The molecule has 0 bridgehead atoms. The van der Waals surface area contributed by atoms with Gasteiger partial charge >= 0.3 is 6.09 Å². The van der Waals surface area contributed by atoms with Crippen molar-refractivity contribution in [2.24, 2.45) is 5.41 Å². The van der Waals surface area contributed by atoms with E-state index in [2.05, 4.69) is 16.3 Å². The van der Waals surface area contributed by atoms with Crippen LogP contribution in [0.1, 0.15) is 49.9 Å². The van der Waals surface area contributed by atoms with Crippen molar-refractivity contribution in [2.75, 3.05) is 26.8 Å². The molecule has 4 rings (SSSR count). The highest BCUT2D eigenvalue weighted by atomic mass is 19.1. The van der Waals surface area contributed by atoms with E-state index in [1.807, 2.05) is 39.1 Å². The highest BCUT2D eigenvalue weighted by Gasteiger charge is 2.51. The number of aromatic nitrogens is 2. The molecule has 7 heteroatoms. The number of benzene rings is 1. The largest absolute Gasteiger partial charge is 0.444 e. The Labute approximate surface area is 176 Å². The van der Waals surface area contributed by atoms with Crippen LogP contribution < -0.4 is 0 Å². The summed E-state index contributed by atoms with van der Waals surface area (Å²) in [4.78, 5) is 14.7. The highest BCUT2D eigenvalue weighted by molar-refractivity contribution is 5.70. The summed E-state index contributed by atoms with van der Waals surface area (Å²) in [6.07, 6.45) is 4.33. The summed E-state index contributed by atoms with van der Waals surface area (Å²) < 4.78 is 25.0. The molecule has 2 aromatic rings. The van der Waals surface area contributed by atoms with Gasteiger partial charge in [0.2, 0.25) is 0 Å². The number of methoxy groups -OCH3 is 1. The number of halogens is 1. The number of H-pyrrole nitrogens is 1. The van der Waals surface area contributed by atoms with E-state index in [4.69, 9.17) is 9.47 Å². The second-order valence-electron chi connectivity index (χ2n) is 9.13. The lowest BCUT2D eigenvalue weighted by molar-refractivity contribution is -0.00261. The second-order valence-corrected chi connectivity index (χ2v) is 9.13. The molecule has 1 aromatic heterocycles. The quantitative estimate of drug-likeness (QED) is 0.812. The molecule has 2 atom stereocenters. The number of piperidine rings is 1. The number of aromatic amines is 1. The SMILES string of the molecule is COC[C@@]12CN(C(=O)OC(C)(C)C)CCC1=Cc1[nH]ncc1C2c1ccc(F)cc1. The third-order valence-corrected chi connectivity index (χ3v) is 5.90. The normalized spacial score (nSPS) is 23.4. The zero-order valence-electron chi connectivity index (χ0n) is 17.9. The van der Waals surface area contributed by atoms with Crippen molar-refractivity contribution >= 4 is 12.2 Å². The molecule has 1 amide bonds. The predicted octanol–water partition coefficient (Wildman–Crippen LogP) is 4.35. The number of amides is 1. The van der Waals surface area contributed by atoms with E-state index in [1.165, 1.54) is 17.7 Å². The monoisotopic (exact) mass is 413 g/mol. The lowest BCUT2D eigenvalue weighted by Gasteiger charge is -2.50. The Bertz CT molecular complexity index is 961. The molecule has 1 aliphatic heterocycles. The average Bonchev–Trinajstić information content (AvgIpc) is 3.13. The van der Waals surface area contributed by atoms with Crippen molar-refractivity contribution in [1.29, 1.82) is 0 Å². The first kappa shape index (κ1) is 20.6. The van der Waals surface area contributed by atoms with Gasteiger partial charge in [-0.2, -0.15) is 5.10 Å². The second kappa shape index (κ2) is 7.54. The summed E-state index contributed by atoms with van der Waals surface area (Å²) in [5, 5.41) is 7.34. The molecular weight excluding hydrogens is 385 g/mol.